The maximum atomic E-state index is 5.56. The molecular formula is C11H20N2O. The predicted octanol–water partition coefficient (Wildman–Crippen LogP) is 1.76. The van der Waals surface area contributed by atoms with Crippen LogP contribution >= 0.6 is 0 Å². The number of aryl methyl sites for hydroxylation is 2. The van der Waals surface area contributed by atoms with Crippen molar-refractivity contribution in [3.8, 4) is 0 Å². The minimum atomic E-state index is 0.722. The average molecular weight is 196 g/mol. The van der Waals surface area contributed by atoms with E-state index < -0.39 is 0 Å². The van der Waals surface area contributed by atoms with E-state index in [2.05, 4.69) is 30.2 Å². The molecule has 1 aromatic heterocycles. The van der Waals surface area contributed by atoms with Crippen molar-refractivity contribution in [2.75, 3.05) is 20.2 Å². The highest BCUT2D eigenvalue weighted by atomic mass is 16.5. The second kappa shape index (κ2) is 5.83. The van der Waals surface area contributed by atoms with E-state index in [1.807, 2.05) is 7.05 Å². The Bertz CT molecular complexity index is 268. The largest absolute Gasteiger partial charge is 0.377 e. The summed E-state index contributed by atoms with van der Waals surface area (Å²) in [4.78, 5) is 3.27. The molecule has 0 saturated heterocycles. The van der Waals surface area contributed by atoms with Crippen LogP contribution in [-0.2, 0) is 11.3 Å². The Labute approximate surface area is 85.9 Å². The van der Waals surface area contributed by atoms with Crippen LogP contribution in [0.2, 0.25) is 0 Å². The van der Waals surface area contributed by atoms with Crippen molar-refractivity contribution in [3.05, 3.63) is 23.0 Å². The summed E-state index contributed by atoms with van der Waals surface area (Å²) in [5.41, 5.74) is 3.69. The van der Waals surface area contributed by atoms with Crippen LogP contribution in [-0.4, -0.2) is 25.2 Å². The number of hydrogen-bond acceptors (Lipinski definition) is 2. The summed E-state index contributed by atoms with van der Waals surface area (Å²) in [6.45, 7) is 6.71. The van der Waals surface area contributed by atoms with Gasteiger partial charge in [-0.05, 0) is 45.5 Å². The first-order chi connectivity index (χ1) is 6.74. The summed E-state index contributed by atoms with van der Waals surface area (Å²) >= 11 is 0. The SMILES string of the molecule is CNCCCOCc1cc(C)[nH]c1C. The summed E-state index contributed by atoms with van der Waals surface area (Å²) < 4.78 is 5.56. The smallest absolute Gasteiger partial charge is 0.0734 e. The minimum absolute atomic E-state index is 0.722. The molecule has 0 amide bonds. The summed E-state index contributed by atoms with van der Waals surface area (Å²) in [5.74, 6) is 0. The number of nitrogens with one attached hydrogen (secondary N) is 2. The van der Waals surface area contributed by atoms with Gasteiger partial charge in [0.1, 0.15) is 0 Å². The van der Waals surface area contributed by atoms with Gasteiger partial charge in [-0.3, -0.25) is 0 Å². The summed E-state index contributed by atoms with van der Waals surface area (Å²) in [7, 11) is 1.96. The van der Waals surface area contributed by atoms with Crippen LogP contribution in [0.15, 0.2) is 6.07 Å². The van der Waals surface area contributed by atoms with Crippen LogP contribution in [0.3, 0.4) is 0 Å². The van der Waals surface area contributed by atoms with E-state index in [9.17, 15) is 0 Å². The molecule has 3 heteroatoms. The van der Waals surface area contributed by atoms with Crippen LogP contribution in [0.25, 0.3) is 0 Å². The third-order valence-corrected chi connectivity index (χ3v) is 2.23. The lowest BCUT2D eigenvalue weighted by Gasteiger charge is -2.03. The van der Waals surface area contributed by atoms with E-state index >= 15 is 0 Å². The highest BCUT2D eigenvalue weighted by Crippen LogP contribution is 2.10. The van der Waals surface area contributed by atoms with Crippen LogP contribution in [0.4, 0.5) is 0 Å². The zero-order valence-electron chi connectivity index (χ0n) is 9.31. The van der Waals surface area contributed by atoms with E-state index in [-0.39, 0.29) is 0 Å². The van der Waals surface area contributed by atoms with Gasteiger partial charge in [-0.1, -0.05) is 0 Å². The van der Waals surface area contributed by atoms with Crippen molar-refractivity contribution >= 4 is 0 Å². The van der Waals surface area contributed by atoms with E-state index in [0.29, 0.717) is 0 Å². The molecule has 0 aliphatic heterocycles. The highest BCUT2D eigenvalue weighted by Gasteiger charge is 2.01. The van der Waals surface area contributed by atoms with E-state index in [0.717, 1.165) is 26.2 Å². The molecule has 0 spiro atoms. The van der Waals surface area contributed by atoms with Crippen molar-refractivity contribution in [1.82, 2.24) is 10.3 Å². The maximum Gasteiger partial charge on any atom is 0.0734 e. The Hall–Kier alpha value is -0.800. The van der Waals surface area contributed by atoms with E-state index in [1.165, 1.54) is 17.0 Å². The maximum absolute atomic E-state index is 5.56. The van der Waals surface area contributed by atoms with Gasteiger partial charge in [0.05, 0.1) is 6.61 Å². The third-order valence-electron chi connectivity index (χ3n) is 2.23. The van der Waals surface area contributed by atoms with Gasteiger partial charge in [-0.25, -0.2) is 0 Å². The number of hydrogen-bond donors (Lipinski definition) is 2. The lowest BCUT2D eigenvalue weighted by Crippen LogP contribution is -2.10. The Kier molecular flexibility index (Phi) is 4.70. The predicted molar refractivity (Wildman–Crippen MR) is 58.5 cm³/mol. The van der Waals surface area contributed by atoms with Crippen molar-refractivity contribution < 1.29 is 4.74 Å². The van der Waals surface area contributed by atoms with Gasteiger partial charge >= 0.3 is 0 Å². The van der Waals surface area contributed by atoms with Gasteiger partial charge in [0.25, 0.3) is 0 Å². The van der Waals surface area contributed by atoms with Gasteiger partial charge < -0.3 is 15.0 Å². The van der Waals surface area contributed by atoms with Crippen LogP contribution in [0.1, 0.15) is 23.4 Å². The molecule has 0 bridgehead atoms. The Morgan fingerprint density at radius 2 is 2.21 bits per heavy atom. The molecule has 14 heavy (non-hydrogen) atoms. The van der Waals surface area contributed by atoms with Crippen LogP contribution in [0, 0.1) is 13.8 Å². The van der Waals surface area contributed by atoms with E-state index in [4.69, 9.17) is 4.74 Å². The van der Waals surface area contributed by atoms with Crippen molar-refractivity contribution in [3.63, 3.8) is 0 Å². The number of aromatic nitrogens is 1. The molecule has 0 unspecified atom stereocenters. The Morgan fingerprint density at radius 3 is 2.79 bits per heavy atom. The topological polar surface area (TPSA) is 37.0 Å². The number of rotatable bonds is 6. The summed E-state index contributed by atoms with van der Waals surface area (Å²) in [5, 5.41) is 3.10. The highest BCUT2D eigenvalue weighted by molar-refractivity contribution is 5.23. The standard InChI is InChI=1S/C11H20N2O/c1-9-7-11(10(2)13-9)8-14-6-4-5-12-3/h7,12-13H,4-6,8H2,1-3H3. The first-order valence-electron chi connectivity index (χ1n) is 5.11. The summed E-state index contributed by atoms with van der Waals surface area (Å²) in [6, 6.07) is 2.15. The van der Waals surface area contributed by atoms with Gasteiger partial charge in [-0.2, -0.15) is 0 Å². The molecule has 0 aliphatic rings. The second-order valence-corrected chi connectivity index (χ2v) is 3.61. The second-order valence-electron chi connectivity index (χ2n) is 3.61. The molecule has 1 heterocycles. The Morgan fingerprint density at radius 1 is 1.43 bits per heavy atom. The molecule has 3 nitrogen and oxygen atoms in total. The first kappa shape index (κ1) is 11.3. The molecule has 0 fully saturated rings. The normalized spacial score (nSPS) is 10.8. The van der Waals surface area contributed by atoms with Gasteiger partial charge in [0.15, 0.2) is 0 Å². The van der Waals surface area contributed by atoms with Crippen molar-refractivity contribution in [1.29, 1.82) is 0 Å². The van der Waals surface area contributed by atoms with Gasteiger partial charge in [-0.15, -0.1) is 0 Å². The molecule has 80 valence electrons. The molecule has 0 aromatic carbocycles. The molecule has 2 N–H and O–H groups in total. The molecule has 0 atom stereocenters. The molecule has 1 aromatic rings. The van der Waals surface area contributed by atoms with Crippen molar-refractivity contribution in [2.45, 2.75) is 26.9 Å². The number of ether oxygens (including phenoxy) is 1. The van der Waals surface area contributed by atoms with Crippen LogP contribution in [0.5, 0.6) is 0 Å². The molecule has 0 aliphatic carbocycles. The molecule has 0 saturated carbocycles. The fourth-order valence-corrected chi connectivity index (χ4v) is 1.46. The van der Waals surface area contributed by atoms with Crippen molar-refractivity contribution in [2.24, 2.45) is 0 Å². The summed E-state index contributed by atoms with van der Waals surface area (Å²) in [6.07, 6.45) is 1.07. The first-order valence-corrected chi connectivity index (χ1v) is 5.11. The lowest BCUT2D eigenvalue weighted by molar-refractivity contribution is 0.118. The van der Waals surface area contributed by atoms with Crippen LogP contribution < -0.4 is 5.32 Å². The molecule has 0 radical (unpaired) electrons. The minimum Gasteiger partial charge on any atom is -0.377 e. The zero-order valence-corrected chi connectivity index (χ0v) is 9.31. The van der Waals surface area contributed by atoms with Gasteiger partial charge in [0.2, 0.25) is 0 Å². The average Bonchev–Trinajstić information content (AvgIpc) is 2.45. The molecular weight excluding hydrogens is 176 g/mol. The number of H-pyrrole nitrogens is 1. The van der Waals surface area contributed by atoms with E-state index in [1.54, 1.807) is 0 Å². The fraction of sp³-hybridized carbons (Fsp3) is 0.636. The molecule has 1 rings (SSSR count). The number of aromatic amines is 1. The zero-order chi connectivity index (χ0) is 10.4. The lowest BCUT2D eigenvalue weighted by atomic mass is 10.2. The third kappa shape index (κ3) is 3.52. The Balaban J connectivity index is 2.21. The monoisotopic (exact) mass is 196 g/mol. The van der Waals surface area contributed by atoms with Gasteiger partial charge in [0, 0.05) is 18.0 Å². The fourth-order valence-electron chi connectivity index (χ4n) is 1.46. The quantitative estimate of drug-likeness (QED) is 0.680.